The van der Waals surface area contributed by atoms with E-state index in [-0.39, 0.29) is 11.8 Å². The van der Waals surface area contributed by atoms with Crippen LogP contribution in [0.2, 0.25) is 0 Å². The van der Waals surface area contributed by atoms with Crippen molar-refractivity contribution in [1.29, 1.82) is 0 Å². The maximum atomic E-state index is 12.5. The lowest BCUT2D eigenvalue weighted by Gasteiger charge is -2.33. The maximum absolute atomic E-state index is 12.5. The fourth-order valence-corrected chi connectivity index (χ4v) is 4.36. The topological polar surface area (TPSA) is 55.9 Å². The van der Waals surface area contributed by atoms with Gasteiger partial charge in [0.25, 0.3) is 0 Å². The van der Waals surface area contributed by atoms with E-state index in [4.69, 9.17) is 0 Å². The Kier molecular flexibility index (Phi) is 8.07. The van der Waals surface area contributed by atoms with Gasteiger partial charge in [-0.2, -0.15) is 0 Å². The van der Waals surface area contributed by atoms with Crippen LogP contribution in [-0.4, -0.2) is 67.9 Å². The van der Waals surface area contributed by atoms with Gasteiger partial charge in [0.2, 0.25) is 11.8 Å². The van der Waals surface area contributed by atoms with Gasteiger partial charge in [-0.15, -0.1) is 0 Å². The van der Waals surface area contributed by atoms with Crippen LogP contribution in [0.25, 0.3) is 0 Å². The molecule has 1 aromatic carbocycles. The van der Waals surface area contributed by atoms with Crippen molar-refractivity contribution >= 4 is 23.2 Å². The first-order chi connectivity index (χ1) is 14.0. The first-order valence-electron chi connectivity index (χ1n) is 11.2. The van der Waals surface area contributed by atoms with Crippen molar-refractivity contribution in [3.8, 4) is 0 Å². The highest BCUT2D eigenvalue weighted by Crippen LogP contribution is 2.24. The molecule has 0 spiro atoms. The van der Waals surface area contributed by atoms with Crippen LogP contribution in [0.15, 0.2) is 24.3 Å². The first-order valence-corrected chi connectivity index (χ1v) is 11.2. The van der Waals surface area contributed by atoms with Crippen molar-refractivity contribution in [1.82, 2.24) is 9.80 Å². The average molecular weight is 401 g/mol. The molecule has 2 saturated heterocycles. The lowest BCUT2D eigenvalue weighted by atomic mass is 9.96. The number of rotatable bonds is 9. The van der Waals surface area contributed by atoms with E-state index in [1.54, 1.807) is 4.90 Å². The normalized spacial score (nSPS) is 18.6. The molecular weight excluding hydrogens is 364 g/mol. The Bertz CT molecular complexity index is 685. The van der Waals surface area contributed by atoms with Gasteiger partial charge < -0.3 is 15.1 Å². The van der Waals surface area contributed by atoms with Crippen LogP contribution < -0.4 is 10.2 Å². The van der Waals surface area contributed by atoms with Gasteiger partial charge in [0, 0.05) is 30.9 Å². The molecule has 0 saturated carbocycles. The summed E-state index contributed by atoms with van der Waals surface area (Å²) in [4.78, 5) is 31.0. The lowest BCUT2D eigenvalue weighted by Crippen LogP contribution is -2.41. The Balaban J connectivity index is 1.42. The van der Waals surface area contributed by atoms with Gasteiger partial charge in [0.1, 0.15) is 0 Å². The van der Waals surface area contributed by atoms with Gasteiger partial charge in [-0.3, -0.25) is 14.5 Å². The van der Waals surface area contributed by atoms with Gasteiger partial charge in [-0.25, -0.2) is 0 Å². The minimum atomic E-state index is 0.0217. The molecular formula is C23H36N4O2. The highest BCUT2D eigenvalue weighted by Gasteiger charge is 2.23. The monoisotopic (exact) mass is 400 g/mol. The number of amides is 2. The van der Waals surface area contributed by atoms with Crippen molar-refractivity contribution in [2.45, 2.75) is 45.4 Å². The molecule has 160 valence electrons. The number of nitrogens with zero attached hydrogens (tertiary/aromatic N) is 3. The second-order valence-electron chi connectivity index (χ2n) is 8.58. The zero-order chi connectivity index (χ0) is 20.6. The number of likely N-dealkylation sites (tertiary alicyclic amines) is 1. The van der Waals surface area contributed by atoms with Crippen molar-refractivity contribution < 1.29 is 9.59 Å². The van der Waals surface area contributed by atoms with Gasteiger partial charge in [-0.05, 0) is 76.5 Å². The standard InChI is InChI=1S/C23H36N4O2/c1-3-4-12-25(2)17-19-10-14-26(15-11-19)18-22(28)24-20-7-5-8-21(16-20)27-13-6-9-23(27)29/h5,7-8,16,19H,3-4,6,9-15,17-18H2,1-2H3,(H,24,28). The van der Waals surface area contributed by atoms with Crippen LogP contribution in [0.3, 0.4) is 0 Å². The number of hydrogen-bond donors (Lipinski definition) is 1. The van der Waals surface area contributed by atoms with Gasteiger partial charge in [0.05, 0.1) is 6.54 Å². The fourth-order valence-electron chi connectivity index (χ4n) is 4.36. The largest absolute Gasteiger partial charge is 0.325 e. The predicted octanol–water partition coefficient (Wildman–Crippen LogP) is 3.20. The van der Waals surface area contributed by atoms with Crippen molar-refractivity contribution in [2.24, 2.45) is 5.92 Å². The molecule has 0 atom stereocenters. The summed E-state index contributed by atoms with van der Waals surface area (Å²) >= 11 is 0. The quantitative estimate of drug-likeness (QED) is 0.692. The lowest BCUT2D eigenvalue weighted by molar-refractivity contribution is -0.118. The average Bonchev–Trinajstić information content (AvgIpc) is 3.14. The number of unbranched alkanes of at least 4 members (excludes halogenated alkanes) is 1. The molecule has 1 aromatic rings. The zero-order valence-electron chi connectivity index (χ0n) is 18.0. The SMILES string of the molecule is CCCCN(C)CC1CCN(CC(=O)Nc2cccc(N3CCCC3=O)c2)CC1. The molecule has 2 amide bonds. The molecule has 29 heavy (non-hydrogen) atoms. The van der Waals surface area contributed by atoms with E-state index in [9.17, 15) is 9.59 Å². The Hall–Kier alpha value is -1.92. The maximum Gasteiger partial charge on any atom is 0.238 e. The predicted molar refractivity (Wildman–Crippen MR) is 118 cm³/mol. The molecule has 1 N–H and O–H groups in total. The molecule has 2 aliphatic heterocycles. The summed E-state index contributed by atoms with van der Waals surface area (Å²) in [6.07, 6.45) is 6.35. The number of carbonyl (C=O) groups is 2. The van der Waals surface area contributed by atoms with Crippen molar-refractivity contribution in [3.63, 3.8) is 0 Å². The molecule has 2 fully saturated rings. The van der Waals surface area contributed by atoms with Gasteiger partial charge >= 0.3 is 0 Å². The van der Waals surface area contributed by atoms with Crippen LogP contribution in [0.1, 0.15) is 45.4 Å². The molecule has 2 heterocycles. The van der Waals surface area contributed by atoms with Crippen molar-refractivity contribution in [3.05, 3.63) is 24.3 Å². The molecule has 0 unspecified atom stereocenters. The van der Waals surface area contributed by atoms with E-state index in [0.29, 0.717) is 13.0 Å². The second-order valence-corrected chi connectivity index (χ2v) is 8.58. The number of piperidine rings is 1. The number of carbonyl (C=O) groups excluding carboxylic acids is 2. The highest BCUT2D eigenvalue weighted by atomic mass is 16.2. The van der Waals surface area contributed by atoms with E-state index in [1.807, 2.05) is 24.3 Å². The van der Waals surface area contributed by atoms with Crippen LogP contribution in [0, 0.1) is 5.92 Å². The third kappa shape index (κ3) is 6.54. The summed E-state index contributed by atoms with van der Waals surface area (Å²) in [6.45, 7) is 7.76. The third-order valence-electron chi connectivity index (χ3n) is 6.05. The fraction of sp³-hybridized carbons (Fsp3) is 0.652. The summed E-state index contributed by atoms with van der Waals surface area (Å²) in [5, 5.41) is 3.01. The Morgan fingerprint density at radius 3 is 2.72 bits per heavy atom. The Labute approximate surface area is 175 Å². The number of benzene rings is 1. The minimum Gasteiger partial charge on any atom is -0.325 e. The van der Waals surface area contributed by atoms with Crippen LogP contribution in [0.4, 0.5) is 11.4 Å². The number of anilines is 2. The summed E-state index contributed by atoms with van der Waals surface area (Å²) in [5.74, 6) is 0.927. The van der Waals surface area contributed by atoms with E-state index in [0.717, 1.165) is 56.2 Å². The first kappa shape index (κ1) is 21.8. The van der Waals surface area contributed by atoms with Crippen LogP contribution in [0.5, 0.6) is 0 Å². The minimum absolute atomic E-state index is 0.0217. The third-order valence-corrected chi connectivity index (χ3v) is 6.05. The highest BCUT2D eigenvalue weighted by molar-refractivity contribution is 5.97. The van der Waals surface area contributed by atoms with Gasteiger partial charge in [0.15, 0.2) is 0 Å². The second kappa shape index (κ2) is 10.7. The van der Waals surface area contributed by atoms with E-state index in [2.05, 4.69) is 29.1 Å². The van der Waals surface area contributed by atoms with Crippen molar-refractivity contribution in [2.75, 3.05) is 56.5 Å². The molecule has 6 nitrogen and oxygen atoms in total. The van der Waals surface area contributed by atoms with E-state index >= 15 is 0 Å². The van der Waals surface area contributed by atoms with Crippen LogP contribution >= 0.6 is 0 Å². The molecule has 2 aliphatic rings. The summed E-state index contributed by atoms with van der Waals surface area (Å²) in [7, 11) is 2.22. The molecule has 0 radical (unpaired) electrons. The van der Waals surface area contributed by atoms with E-state index in [1.165, 1.54) is 25.9 Å². The zero-order valence-corrected chi connectivity index (χ0v) is 18.0. The Morgan fingerprint density at radius 1 is 1.24 bits per heavy atom. The Morgan fingerprint density at radius 2 is 2.03 bits per heavy atom. The summed E-state index contributed by atoms with van der Waals surface area (Å²) in [5.41, 5.74) is 1.64. The summed E-state index contributed by atoms with van der Waals surface area (Å²) in [6, 6.07) is 7.62. The van der Waals surface area contributed by atoms with Gasteiger partial charge in [-0.1, -0.05) is 19.4 Å². The number of nitrogens with one attached hydrogen (secondary N) is 1. The molecule has 0 aliphatic carbocycles. The van der Waals surface area contributed by atoms with Crippen LogP contribution in [-0.2, 0) is 9.59 Å². The smallest absolute Gasteiger partial charge is 0.238 e. The molecule has 6 heteroatoms. The summed E-state index contributed by atoms with van der Waals surface area (Å²) < 4.78 is 0. The molecule has 3 rings (SSSR count). The number of hydrogen-bond acceptors (Lipinski definition) is 4. The molecule has 0 aromatic heterocycles. The molecule has 0 bridgehead atoms. The van der Waals surface area contributed by atoms with E-state index < -0.39 is 0 Å².